The fourth-order valence-electron chi connectivity index (χ4n) is 1.27. The van der Waals surface area contributed by atoms with Gasteiger partial charge in [0.25, 0.3) is 0 Å². The Morgan fingerprint density at radius 3 is 2.92 bits per heavy atom. The normalized spacial score (nSPS) is 17.1. The van der Waals surface area contributed by atoms with E-state index in [0.717, 1.165) is 18.8 Å². The van der Waals surface area contributed by atoms with Crippen molar-refractivity contribution in [3.63, 3.8) is 0 Å². The molecule has 1 N–H and O–H groups in total. The van der Waals surface area contributed by atoms with Gasteiger partial charge in [-0.05, 0) is 6.07 Å². The average Bonchev–Trinajstić information content (AvgIpc) is 2.02. The van der Waals surface area contributed by atoms with Gasteiger partial charge in [-0.3, -0.25) is 0 Å². The average molecular weight is 164 g/mol. The van der Waals surface area contributed by atoms with E-state index in [1.165, 1.54) is 0 Å². The number of nitrogens with one attached hydrogen (secondary N) is 1. The number of pyridine rings is 1. The third kappa shape index (κ3) is 1.28. The number of aromatic nitrogens is 1. The third-order valence-corrected chi connectivity index (χ3v) is 2.15. The van der Waals surface area contributed by atoms with E-state index in [-0.39, 0.29) is 0 Å². The Labute approximate surface area is 71.8 Å². The number of ether oxygens (including phenoxy) is 1. The van der Waals surface area contributed by atoms with Crippen LogP contribution in [0.4, 0.5) is 0 Å². The van der Waals surface area contributed by atoms with Crippen molar-refractivity contribution in [2.45, 2.75) is 5.92 Å². The molecule has 1 aliphatic rings. The molecule has 0 atom stereocenters. The Balaban J connectivity index is 2.19. The molecule has 0 radical (unpaired) electrons. The molecule has 0 saturated carbocycles. The van der Waals surface area contributed by atoms with Crippen molar-refractivity contribution in [3.8, 4) is 5.88 Å². The Morgan fingerprint density at radius 2 is 2.33 bits per heavy atom. The summed E-state index contributed by atoms with van der Waals surface area (Å²) in [6.45, 7) is 2.08. The molecule has 1 fully saturated rings. The number of hydrogen-bond donors (Lipinski definition) is 1. The van der Waals surface area contributed by atoms with Crippen LogP contribution in [0.3, 0.4) is 0 Å². The first-order valence-corrected chi connectivity index (χ1v) is 4.12. The molecule has 12 heavy (non-hydrogen) atoms. The topological polar surface area (TPSA) is 34.1 Å². The Kier molecular flexibility index (Phi) is 1.96. The van der Waals surface area contributed by atoms with Crippen LogP contribution >= 0.6 is 0 Å². The van der Waals surface area contributed by atoms with Crippen molar-refractivity contribution < 1.29 is 4.74 Å². The summed E-state index contributed by atoms with van der Waals surface area (Å²) >= 11 is 0. The molecule has 3 heteroatoms. The summed E-state index contributed by atoms with van der Waals surface area (Å²) in [5, 5.41) is 3.22. The minimum absolute atomic E-state index is 0.583. The van der Waals surface area contributed by atoms with Gasteiger partial charge < -0.3 is 10.1 Å². The standard InChI is InChI=1S/C9H12N2O/c1-12-9-4-2-3-8(11-9)7-5-10-6-7/h2-4,7,10H,5-6H2,1H3. The highest BCUT2D eigenvalue weighted by Gasteiger charge is 2.20. The van der Waals surface area contributed by atoms with E-state index >= 15 is 0 Å². The molecule has 0 unspecified atom stereocenters. The summed E-state index contributed by atoms with van der Waals surface area (Å²) in [5.41, 5.74) is 1.13. The summed E-state index contributed by atoms with van der Waals surface area (Å²) in [6, 6.07) is 5.91. The Morgan fingerprint density at radius 1 is 1.50 bits per heavy atom. The van der Waals surface area contributed by atoms with Crippen LogP contribution in [0.25, 0.3) is 0 Å². The molecule has 64 valence electrons. The minimum Gasteiger partial charge on any atom is -0.481 e. The number of nitrogens with zero attached hydrogens (tertiary/aromatic N) is 1. The lowest BCUT2D eigenvalue weighted by molar-refractivity contribution is 0.386. The van der Waals surface area contributed by atoms with Crippen molar-refractivity contribution in [1.29, 1.82) is 0 Å². The van der Waals surface area contributed by atoms with Gasteiger partial charge in [0.2, 0.25) is 5.88 Å². The van der Waals surface area contributed by atoms with Crippen molar-refractivity contribution in [1.82, 2.24) is 10.3 Å². The van der Waals surface area contributed by atoms with E-state index in [9.17, 15) is 0 Å². The first kappa shape index (κ1) is 7.55. The molecule has 1 aromatic rings. The Bertz CT molecular complexity index is 271. The molecule has 1 aromatic heterocycles. The van der Waals surface area contributed by atoms with Gasteiger partial charge >= 0.3 is 0 Å². The highest BCUT2D eigenvalue weighted by Crippen LogP contribution is 2.19. The molecule has 0 bridgehead atoms. The maximum absolute atomic E-state index is 5.04. The lowest BCUT2D eigenvalue weighted by atomic mass is 9.99. The van der Waals surface area contributed by atoms with E-state index in [0.29, 0.717) is 11.8 Å². The van der Waals surface area contributed by atoms with Crippen molar-refractivity contribution in [3.05, 3.63) is 23.9 Å². The highest BCUT2D eigenvalue weighted by atomic mass is 16.5. The molecule has 2 heterocycles. The van der Waals surface area contributed by atoms with Gasteiger partial charge in [0, 0.05) is 25.1 Å². The van der Waals surface area contributed by atoms with Crippen LogP contribution in [0.2, 0.25) is 0 Å². The summed E-state index contributed by atoms with van der Waals surface area (Å²) in [4.78, 5) is 4.35. The van der Waals surface area contributed by atoms with Crippen molar-refractivity contribution >= 4 is 0 Å². The number of methoxy groups -OCH3 is 1. The van der Waals surface area contributed by atoms with E-state index in [4.69, 9.17) is 4.74 Å². The molecule has 0 amide bonds. The fraction of sp³-hybridized carbons (Fsp3) is 0.444. The minimum atomic E-state index is 0.583. The first-order chi connectivity index (χ1) is 5.90. The number of hydrogen-bond acceptors (Lipinski definition) is 3. The third-order valence-electron chi connectivity index (χ3n) is 2.15. The van der Waals surface area contributed by atoms with Crippen LogP contribution in [0, 0.1) is 0 Å². The fourth-order valence-corrected chi connectivity index (χ4v) is 1.27. The highest BCUT2D eigenvalue weighted by molar-refractivity contribution is 5.20. The van der Waals surface area contributed by atoms with Gasteiger partial charge in [-0.25, -0.2) is 4.98 Å². The molecule has 0 aliphatic carbocycles. The van der Waals surface area contributed by atoms with E-state index in [1.54, 1.807) is 7.11 Å². The smallest absolute Gasteiger partial charge is 0.213 e. The van der Waals surface area contributed by atoms with E-state index in [2.05, 4.69) is 10.3 Å². The zero-order valence-corrected chi connectivity index (χ0v) is 7.08. The van der Waals surface area contributed by atoms with Crippen LogP contribution in [0.1, 0.15) is 11.6 Å². The second-order valence-corrected chi connectivity index (χ2v) is 2.96. The van der Waals surface area contributed by atoms with Gasteiger partial charge in [-0.15, -0.1) is 0 Å². The maximum atomic E-state index is 5.04. The first-order valence-electron chi connectivity index (χ1n) is 4.12. The summed E-state index contributed by atoms with van der Waals surface area (Å²) in [5.74, 6) is 1.29. The van der Waals surface area contributed by atoms with Gasteiger partial charge in [-0.1, -0.05) is 6.07 Å². The largest absolute Gasteiger partial charge is 0.481 e. The Hall–Kier alpha value is -1.09. The van der Waals surface area contributed by atoms with Crippen LogP contribution in [-0.4, -0.2) is 25.2 Å². The molecule has 3 nitrogen and oxygen atoms in total. The SMILES string of the molecule is COc1cccc(C2CNC2)n1. The quantitative estimate of drug-likeness (QED) is 0.701. The maximum Gasteiger partial charge on any atom is 0.213 e. The van der Waals surface area contributed by atoms with Gasteiger partial charge in [0.1, 0.15) is 0 Å². The monoisotopic (exact) mass is 164 g/mol. The molecular weight excluding hydrogens is 152 g/mol. The molecule has 0 aromatic carbocycles. The molecule has 0 spiro atoms. The van der Waals surface area contributed by atoms with Crippen molar-refractivity contribution in [2.24, 2.45) is 0 Å². The predicted molar refractivity (Wildman–Crippen MR) is 46.4 cm³/mol. The van der Waals surface area contributed by atoms with Crippen LogP contribution in [0.15, 0.2) is 18.2 Å². The van der Waals surface area contributed by atoms with Gasteiger partial charge in [-0.2, -0.15) is 0 Å². The number of rotatable bonds is 2. The zero-order chi connectivity index (χ0) is 8.39. The van der Waals surface area contributed by atoms with E-state index in [1.807, 2.05) is 18.2 Å². The molecule has 1 saturated heterocycles. The van der Waals surface area contributed by atoms with Crippen molar-refractivity contribution in [2.75, 3.05) is 20.2 Å². The summed E-state index contributed by atoms with van der Waals surface area (Å²) < 4.78 is 5.04. The van der Waals surface area contributed by atoms with E-state index < -0.39 is 0 Å². The summed E-state index contributed by atoms with van der Waals surface area (Å²) in [7, 11) is 1.64. The molecule has 2 rings (SSSR count). The lowest BCUT2D eigenvalue weighted by Crippen LogP contribution is -2.40. The van der Waals surface area contributed by atoms with Crippen LogP contribution in [0.5, 0.6) is 5.88 Å². The second-order valence-electron chi connectivity index (χ2n) is 2.96. The van der Waals surface area contributed by atoms with Crippen LogP contribution < -0.4 is 10.1 Å². The summed E-state index contributed by atoms with van der Waals surface area (Å²) in [6.07, 6.45) is 0. The van der Waals surface area contributed by atoms with Gasteiger partial charge in [0.05, 0.1) is 12.8 Å². The zero-order valence-electron chi connectivity index (χ0n) is 7.08. The second kappa shape index (κ2) is 3.11. The lowest BCUT2D eigenvalue weighted by Gasteiger charge is -2.26. The predicted octanol–water partition coefficient (Wildman–Crippen LogP) is 0.777. The van der Waals surface area contributed by atoms with Gasteiger partial charge in [0.15, 0.2) is 0 Å². The van der Waals surface area contributed by atoms with Crippen LogP contribution in [-0.2, 0) is 0 Å². The molecular formula is C9H12N2O. The molecule has 1 aliphatic heterocycles.